The summed E-state index contributed by atoms with van der Waals surface area (Å²) >= 11 is 11.9. The lowest BCUT2D eigenvalue weighted by molar-refractivity contribution is -0.0229. The molecule has 154 valence electrons. The van der Waals surface area contributed by atoms with Gasteiger partial charge >= 0.3 is 0 Å². The first-order chi connectivity index (χ1) is 14.4. The van der Waals surface area contributed by atoms with Gasteiger partial charge in [0.2, 0.25) is 0 Å². The van der Waals surface area contributed by atoms with Crippen LogP contribution in [-0.4, -0.2) is 35.5 Å². The van der Waals surface area contributed by atoms with Gasteiger partial charge in [0.1, 0.15) is 17.5 Å². The molecule has 0 aliphatic carbocycles. The summed E-state index contributed by atoms with van der Waals surface area (Å²) in [6.45, 7) is 0.680. The molecule has 1 aliphatic rings. The highest BCUT2D eigenvalue weighted by Crippen LogP contribution is 2.32. The number of H-pyrrole nitrogens is 1. The molecule has 0 radical (unpaired) electrons. The van der Waals surface area contributed by atoms with Gasteiger partial charge in [-0.1, -0.05) is 53.5 Å². The average molecular weight is 447 g/mol. The topological polar surface area (TPSA) is 62.4 Å². The number of amides is 1. The van der Waals surface area contributed by atoms with E-state index in [2.05, 4.69) is 4.98 Å². The summed E-state index contributed by atoms with van der Waals surface area (Å²) in [6.07, 6.45) is -0.621. The molecule has 3 aromatic rings. The Hall–Kier alpha value is -2.67. The van der Waals surface area contributed by atoms with E-state index < -0.39 is 23.4 Å². The molecule has 4 rings (SSSR count). The smallest absolute Gasteiger partial charge is 0.261 e. The van der Waals surface area contributed by atoms with Gasteiger partial charge in [-0.2, -0.15) is 0 Å². The van der Waals surface area contributed by atoms with Crippen LogP contribution >= 0.6 is 23.2 Å². The molecule has 1 aliphatic heterocycles. The number of hydrogen-bond donors (Lipinski definition) is 1. The number of nitrogens with one attached hydrogen (secondary N) is 1. The second-order valence-electron chi connectivity index (χ2n) is 6.88. The number of carbonyl (C=O) groups excluding carboxylic acids is 1. The van der Waals surface area contributed by atoms with E-state index in [0.29, 0.717) is 17.8 Å². The van der Waals surface area contributed by atoms with Crippen molar-refractivity contribution in [3.63, 3.8) is 0 Å². The molecule has 1 saturated heterocycles. The van der Waals surface area contributed by atoms with E-state index in [1.165, 1.54) is 23.1 Å². The largest absolute Gasteiger partial charge is 0.370 e. The van der Waals surface area contributed by atoms with Gasteiger partial charge in [-0.15, -0.1) is 0 Å². The second-order valence-corrected chi connectivity index (χ2v) is 7.69. The second kappa shape index (κ2) is 8.60. The fraction of sp³-hybridized carbons (Fsp3) is 0.182. The third-order valence-corrected chi connectivity index (χ3v) is 5.58. The summed E-state index contributed by atoms with van der Waals surface area (Å²) < 4.78 is 19.6. The summed E-state index contributed by atoms with van der Waals surface area (Å²) in [4.78, 5) is 29.8. The zero-order chi connectivity index (χ0) is 21.3. The summed E-state index contributed by atoms with van der Waals surface area (Å²) in [5, 5.41) is 0.170. The van der Waals surface area contributed by atoms with Crippen molar-refractivity contribution in [3.8, 4) is 11.3 Å². The molecule has 2 aromatic carbocycles. The highest BCUT2D eigenvalue weighted by atomic mass is 35.5. The lowest BCUT2D eigenvalue weighted by atomic mass is 10.1. The number of ether oxygens (including phenoxy) is 1. The predicted molar refractivity (Wildman–Crippen MR) is 114 cm³/mol. The van der Waals surface area contributed by atoms with Gasteiger partial charge < -0.3 is 14.6 Å². The van der Waals surface area contributed by atoms with Crippen molar-refractivity contribution in [2.75, 3.05) is 19.7 Å². The Balaban J connectivity index is 1.56. The molecule has 2 heterocycles. The van der Waals surface area contributed by atoms with Crippen molar-refractivity contribution >= 4 is 29.1 Å². The van der Waals surface area contributed by atoms with E-state index in [9.17, 15) is 14.0 Å². The molecule has 0 saturated carbocycles. The number of aromatic amines is 1. The lowest BCUT2D eigenvalue weighted by Crippen LogP contribution is -2.44. The molecule has 1 N–H and O–H groups in total. The van der Waals surface area contributed by atoms with E-state index >= 15 is 0 Å². The van der Waals surface area contributed by atoms with Crippen LogP contribution in [0.25, 0.3) is 11.3 Å². The summed E-state index contributed by atoms with van der Waals surface area (Å²) in [5.74, 6) is -1.04. The normalized spacial score (nSPS) is 16.5. The molecule has 30 heavy (non-hydrogen) atoms. The quantitative estimate of drug-likeness (QED) is 0.592. The number of morpholine rings is 1. The SMILES string of the molecule is O=C(c1ccc(-c2ccccc2)[nH]c1=O)N1CCOC(c2cc(F)c(Cl)cc2Cl)C1. The van der Waals surface area contributed by atoms with Crippen LogP contribution in [0.15, 0.2) is 59.4 Å². The number of carbonyl (C=O) groups is 1. The predicted octanol–water partition coefficient (Wildman–Crippen LogP) is 4.70. The van der Waals surface area contributed by atoms with E-state index in [4.69, 9.17) is 27.9 Å². The van der Waals surface area contributed by atoms with E-state index in [-0.39, 0.29) is 28.8 Å². The fourth-order valence-electron chi connectivity index (χ4n) is 3.41. The van der Waals surface area contributed by atoms with Gasteiger partial charge in [0, 0.05) is 22.8 Å². The Morgan fingerprint density at radius 3 is 2.60 bits per heavy atom. The minimum atomic E-state index is -0.621. The summed E-state index contributed by atoms with van der Waals surface area (Å²) in [6, 6.07) is 15.1. The Kier molecular flexibility index (Phi) is 5.90. The summed E-state index contributed by atoms with van der Waals surface area (Å²) in [5.41, 5.74) is 1.44. The van der Waals surface area contributed by atoms with Crippen molar-refractivity contribution in [2.24, 2.45) is 0 Å². The van der Waals surface area contributed by atoms with Crippen molar-refractivity contribution in [1.82, 2.24) is 9.88 Å². The van der Waals surface area contributed by atoms with E-state index in [0.717, 1.165) is 5.56 Å². The van der Waals surface area contributed by atoms with Gasteiger partial charge in [-0.3, -0.25) is 9.59 Å². The van der Waals surface area contributed by atoms with Crippen LogP contribution in [0, 0.1) is 5.82 Å². The Morgan fingerprint density at radius 2 is 1.87 bits per heavy atom. The van der Waals surface area contributed by atoms with Crippen LogP contribution in [0.1, 0.15) is 22.0 Å². The molecule has 1 atom stereocenters. The molecule has 8 heteroatoms. The van der Waals surface area contributed by atoms with Gasteiger partial charge in [0.15, 0.2) is 0 Å². The standard InChI is InChI=1S/C22H17Cl2FN2O3/c23-16-11-17(24)18(25)10-15(16)20-12-27(8-9-30-20)22(29)14-6-7-19(26-21(14)28)13-4-2-1-3-5-13/h1-7,10-11,20H,8-9,12H2,(H,26,28). The number of rotatable bonds is 3. The molecule has 5 nitrogen and oxygen atoms in total. The number of hydrogen-bond acceptors (Lipinski definition) is 3. The highest BCUT2D eigenvalue weighted by Gasteiger charge is 2.29. The summed E-state index contributed by atoms with van der Waals surface area (Å²) in [7, 11) is 0. The van der Waals surface area contributed by atoms with Crippen LogP contribution in [0.2, 0.25) is 10.0 Å². The molecule has 1 aromatic heterocycles. The van der Waals surface area contributed by atoms with Crippen molar-refractivity contribution < 1.29 is 13.9 Å². The Labute approximate surface area is 182 Å². The first-order valence-electron chi connectivity index (χ1n) is 9.28. The molecule has 0 spiro atoms. The maximum absolute atomic E-state index is 13.9. The molecular formula is C22H17Cl2FN2O3. The maximum Gasteiger partial charge on any atom is 0.261 e. The third-order valence-electron chi connectivity index (χ3n) is 4.96. The van der Waals surface area contributed by atoms with Crippen molar-refractivity contribution in [1.29, 1.82) is 0 Å². The maximum atomic E-state index is 13.9. The minimum absolute atomic E-state index is 0.0312. The van der Waals surface area contributed by atoms with Crippen LogP contribution in [0.4, 0.5) is 4.39 Å². The van der Waals surface area contributed by atoms with Gasteiger partial charge in [0.25, 0.3) is 11.5 Å². The van der Waals surface area contributed by atoms with Crippen LogP contribution in [-0.2, 0) is 4.74 Å². The number of halogens is 3. The molecule has 1 unspecified atom stereocenters. The number of benzene rings is 2. The first kappa shape index (κ1) is 20.6. The van der Waals surface area contributed by atoms with Crippen molar-refractivity contribution in [2.45, 2.75) is 6.10 Å². The van der Waals surface area contributed by atoms with Crippen LogP contribution in [0.3, 0.4) is 0 Å². The van der Waals surface area contributed by atoms with Crippen LogP contribution < -0.4 is 5.56 Å². The molecule has 0 bridgehead atoms. The monoisotopic (exact) mass is 446 g/mol. The van der Waals surface area contributed by atoms with Gasteiger partial charge in [-0.05, 0) is 29.8 Å². The van der Waals surface area contributed by atoms with Gasteiger partial charge in [0.05, 0.1) is 18.2 Å². The zero-order valence-electron chi connectivity index (χ0n) is 15.7. The Morgan fingerprint density at radius 1 is 1.10 bits per heavy atom. The average Bonchev–Trinajstić information content (AvgIpc) is 2.76. The van der Waals surface area contributed by atoms with Crippen molar-refractivity contribution in [3.05, 3.63) is 91.9 Å². The van der Waals surface area contributed by atoms with Gasteiger partial charge in [-0.25, -0.2) is 4.39 Å². The number of pyridine rings is 1. The number of aromatic nitrogens is 1. The fourth-order valence-corrected chi connectivity index (χ4v) is 3.91. The van der Waals surface area contributed by atoms with E-state index in [1.807, 2.05) is 30.3 Å². The van der Waals surface area contributed by atoms with Crippen LogP contribution in [0.5, 0.6) is 0 Å². The molecule has 1 fully saturated rings. The zero-order valence-corrected chi connectivity index (χ0v) is 17.2. The molecular weight excluding hydrogens is 430 g/mol. The third kappa shape index (κ3) is 4.12. The molecule has 1 amide bonds. The Bertz CT molecular complexity index is 1150. The highest BCUT2D eigenvalue weighted by molar-refractivity contribution is 6.35. The number of nitrogens with zero attached hydrogens (tertiary/aromatic N) is 1. The van der Waals surface area contributed by atoms with E-state index in [1.54, 1.807) is 6.07 Å². The lowest BCUT2D eigenvalue weighted by Gasteiger charge is -2.33. The minimum Gasteiger partial charge on any atom is -0.370 e. The first-order valence-corrected chi connectivity index (χ1v) is 10.0.